The number of nitrogens with zero attached hydrogens (tertiary/aromatic N) is 1. The first-order chi connectivity index (χ1) is 12.5. The number of aromatic nitrogens is 1. The molecule has 3 N–H and O–H groups in total. The average molecular weight is 373 g/mol. The van der Waals surface area contributed by atoms with E-state index < -0.39 is 0 Å². The van der Waals surface area contributed by atoms with Gasteiger partial charge in [-0.2, -0.15) is 0 Å². The highest BCUT2D eigenvalue weighted by molar-refractivity contribution is 7.80. The van der Waals surface area contributed by atoms with Crippen molar-refractivity contribution < 1.29 is 4.79 Å². The molecule has 1 heterocycles. The summed E-state index contributed by atoms with van der Waals surface area (Å²) in [5, 5.41) is 4.98. The van der Waals surface area contributed by atoms with Crippen LogP contribution in [0.4, 0.5) is 0 Å². The molecule has 0 bridgehead atoms. The van der Waals surface area contributed by atoms with E-state index in [1.807, 2.05) is 29.7 Å². The maximum Gasteiger partial charge on any atom is 0.258 e. The average Bonchev–Trinajstić information content (AvgIpc) is 2.93. The minimum Gasteiger partial charge on any atom is -0.358 e. The van der Waals surface area contributed by atoms with Gasteiger partial charge in [0.1, 0.15) is 6.54 Å². The fourth-order valence-electron chi connectivity index (χ4n) is 3.86. The number of hydrazine groups is 1. The van der Waals surface area contributed by atoms with E-state index >= 15 is 0 Å². The van der Waals surface area contributed by atoms with Crippen LogP contribution in [0.15, 0.2) is 30.3 Å². The number of nitrogens with one attached hydrogen (secondary N) is 3. The van der Waals surface area contributed by atoms with Crippen molar-refractivity contribution in [2.45, 2.75) is 52.6 Å². The monoisotopic (exact) mass is 372 g/mol. The molecule has 1 aliphatic carbocycles. The molecule has 0 spiro atoms. The van der Waals surface area contributed by atoms with Gasteiger partial charge >= 0.3 is 0 Å². The van der Waals surface area contributed by atoms with Crippen molar-refractivity contribution in [2.24, 2.45) is 11.8 Å². The van der Waals surface area contributed by atoms with Crippen LogP contribution in [0.1, 0.15) is 38.8 Å². The molecule has 0 unspecified atom stereocenters. The molecule has 140 valence electrons. The molecule has 0 radical (unpaired) electrons. The van der Waals surface area contributed by atoms with E-state index in [0.717, 1.165) is 23.0 Å². The Morgan fingerprint density at radius 2 is 2.00 bits per heavy atom. The van der Waals surface area contributed by atoms with Crippen LogP contribution in [0.2, 0.25) is 0 Å². The number of hydrogen-bond acceptors (Lipinski definition) is 2. The van der Waals surface area contributed by atoms with Crippen LogP contribution in [0.3, 0.4) is 0 Å². The van der Waals surface area contributed by atoms with Gasteiger partial charge in [0.2, 0.25) is 0 Å². The zero-order valence-corrected chi connectivity index (χ0v) is 16.5. The Morgan fingerprint density at radius 1 is 1.23 bits per heavy atom. The zero-order valence-electron chi connectivity index (χ0n) is 15.7. The first-order valence-corrected chi connectivity index (χ1v) is 9.76. The smallest absolute Gasteiger partial charge is 0.258 e. The molecular formula is C20H28N4OS. The van der Waals surface area contributed by atoms with E-state index in [4.69, 9.17) is 12.2 Å². The van der Waals surface area contributed by atoms with Crippen molar-refractivity contribution in [3.8, 4) is 0 Å². The Kier molecular flexibility index (Phi) is 5.81. The number of thiocarbonyl (C=S) groups is 1. The minimum atomic E-state index is -0.122. The van der Waals surface area contributed by atoms with E-state index in [2.05, 4.69) is 42.1 Å². The van der Waals surface area contributed by atoms with Crippen molar-refractivity contribution in [3.63, 3.8) is 0 Å². The van der Waals surface area contributed by atoms with Gasteiger partial charge in [-0.3, -0.25) is 15.6 Å². The number of aryl methyl sites for hydroxylation is 1. The number of carbonyl (C=O) groups excluding carboxylic acids is 1. The van der Waals surface area contributed by atoms with Crippen molar-refractivity contribution in [3.05, 3.63) is 36.0 Å². The van der Waals surface area contributed by atoms with E-state index in [0.29, 0.717) is 23.0 Å². The summed E-state index contributed by atoms with van der Waals surface area (Å²) in [6.45, 7) is 6.83. The highest BCUT2D eigenvalue weighted by atomic mass is 32.1. The number of fused-ring (bicyclic) bond motifs is 1. The molecule has 0 saturated heterocycles. The third kappa shape index (κ3) is 4.18. The van der Waals surface area contributed by atoms with E-state index in [1.54, 1.807) is 0 Å². The van der Waals surface area contributed by atoms with Gasteiger partial charge in [0, 0.05) is 17.3 Å². The molecule has 0 aliphatic heterocycles. The van der Waals surface area contributed by atoms with Gasteiger partial charge in [-0.1, -0.05) is 44.9 Å². The number of rotatable bonds is 3. The molecule has 1 aliphatic rings. The van der Waals surface area contributed by atoms with Gasteiger partial charge in [-0.15, -0.1) is 0 Å². The van der Waals surface area contributed by atoms with Crippen molar-refractivity contribution in [1.82, 2.24) is 20.7 Å². The van der Waals surface area contributed by atoms with Crippen LogP contribution in [-0.2, 0) is 11.3 Å². The molecule has 2 aromatic rings. The number of para-hydroxylation sites is 1. The lowest BCUT2D eigenvalue weighted by molar-refractivity contribution is -0.122. The first kappa shape index (κ1) is 18.7. The molecule has 1 aromatic heterocycles. The number of benzene rings is 1. The second-order valence-corrected chi connectivity index (χ2v) is 7.86. The molecule has 3 rings (SSSR count). The lowest BCUT2D eigenvalue weighted by atomic mass is 9.78. The van der Waals surface area contributed by atoms with Gasteiger partial charge in [-0.25, -0.2) is 0 Å². The van der Waals surface area contributed by atoms with Gasteiger partial charge in [0.25, 0.3) is 5.91 Å². The fraction of sp³-hybridized carbons (Fsp3) is 0.500. The highest BCUT2D eigenvalue weighted by Crippen LogP contribution is 2.29. The first-order valence-electron chi connectivity index (χ1n) is 9.36. The molecule has 1 saturated carbocycles. The number of hydrogen-bond donors (Lipinski definition) is 3. The summed E-state index contributed by atoms with van der Waals surface area (Å²) in [4.78, 5) is 12.3. The molecule has 26 heavy (non-hydrogen) atoms. The predicted octanol–water partition coefficient (Wildman–Crippen LogP) is 3.27. The minimum absolute atomic E-state index is 0.122. The topological polar surface area (TPSA) is 58.1 Å². The standard InChI is InChI=1S/C20H28N4OS/c1-13-7-6-9-17(15(13)3)21-20(26)23-22-19(25)12-24-14(2)11-16-8-4-5-10-18(16)24/h4-5,8,10-11,13,15,17H,6-7,9,12H2,1-3H3,(H,22,25)(H2,21,23,26)/t13-,15+,17+/m1/s1. The maximum atomic E-state index is 12.3. The van der Waals surface area contributed by atoms with Crippen molar-refractivity contribution in [1.29, 1.82) is 0 Å². The van der Waals surface area contributed by atoms with Gasteiger partial charge < -0.3 is 9.88 Å². The summed E-state index contributed by atoms with van der Waals surface area (Å²) in [6, 6.07) is 10.5. The molecular weight excluding hydrogens is 344 g/mol. The third-order valence-electron chi connectivity index (χ3n) is 5.66. The quantitative estimate of drug-likeness (QED) is 0.572. The molecule has 1 aromatic carbocycles. The molecule has 1 amide bonds. The predicted molar refractivity (Wildman–Crippen MR) is 110 cm³/mol. The Bertz CT molecular complexity index is 800. The summed E-state index contributed by atoms with van der Waals surface area (Å²) in [5.74, 6) is 1.15. The summed E-state index contributed by atoms with van der Waals surface area (Å²) in [5.41, 5.74) is 7.69. The van der Waals surface area contributed by atoms with Gasteiger partial charge in [0.05, 0.1) is 0 Å². The van der Waals surface area contributed by atoms with E-state index in [9.17, 15) is 4.79 Å². The highest BCUT2D eigenvalue weighted by Gasteiger charge is 2.27. The second-order valence-electron chi connectivity index (χ2n) is 7.45. The third-order valence-corrected chi connectivity index (χ3v) is 5.88. The lowest BCUT2D eigenvalue weighted by Crippen LogP contribution is -2.53. The Hall–Kier alpha value is -2.08. The van der Waals surface area contributed by atoms with Crippen LogP contribution >= 0.6 is 12.2 Å². The van der Waals surface area contributed by atoms with Crippen molar-refractivity contribution in [2.75, 3.05) is 0 Å². The summed E-state index contributed by atoms with van der Waals surface area (Å²) in [6.07, 6.45) is 3.62. The normalized spacial score (nSPS) is 22.8. The molecule has 3 atom stereocenters. The maximum absolute atomic E-state index is 12.3. The SMILES string of the molecule is Cc1cc2ccccc2n1CC(=O)NNC(=S)N[C@H]1CCC[C@@H](C)[C@@H]1C. The molecule has 5 nitrogen and oxygen atoms in total. The Labute approximate surface area is 160 Å². The summed E-state index contributed by atoms with van der Waals surface area (Å²) in [7, 11) is 0. The largest absolute Gasteiger partial charge is 0.358 e. The van der Waals surface area contributed by atoms with Crippen LogP contribution in [0.25, 0.3) is 10.9 Å². The lowest BCUT2D eigenvalue weighted by Gasteiger charge is -2.35. The number of amides is 1. The summed E-state index contributed by atoms with van der Waals surface area (Å²) < 4.78 is 2.01. The van der Waals surface area contributed by atoms with Crippen LogP contribution in [-0.4, -0.2) is 21.6 Å². The molecule has 6 heteroatoms. The Balaban J connectivity index is 1.52. The van der Waals surface area contributed by atoms with Crippen LogP contribution in [0.5, 0.6) is 0 Å². The van der Waals surface area contributed by atoms with Crippen LogP contribution < -0.4 is 16.2 Å². The molecule has 1 fully saturated rings. The van der Waals surface area contributed by atoms with Gasteiger partial charge in [0.15, 0.2) is 5.11 Å². The zero-order chi connectivity index (χ0) is 18.7. The summed E-state index contributed by atoms with van der Waals surface area (Å²) >= 11 is 5.35. The fourth-order valence-corrected chi connectivity index (χ4v) is 4.06. The van der Waals surface area contributed by atoms with Gasteiger partial charge in [-0.05, 0) is 54.9 Å². The van der Waals surface area contributed by atoms with E-state index in [1.165, 1.54) is 12.8 Å². The van der Waals surface area contributed by atoms with Crippen LogP contribution in [0, 0.1) is 18.8 Å². The van der Waals surface area contributed by atoms with E-state index in [-0.39, 0.29) is 12.5 Å². The second kappa shape index (κ2) is 8.08. The number of carbonyl (C=O) groups is 1. The Morgan fingerprint density at radius 3 is 2.81 bits per heavy atom. The van der Waals surface area contributed by atoms with Crippen molar-refractivity contribution >= 4 is 34.1 Å².